The number of nitriles is 1. The van der Waals surface area contributed by atoms with Crippen LogP contribution in [-0.2, 0) is 20.7 Å². The number of piperidine rings is 1. The third kappa shape index (κ3) is 8.28. The molecule has 0 radical (unpaired) electrons. The normalized spacial score (nSPS) is 21.1. The predicted octanol–water partition coefficient (Wildman–Crippen LogP) is 4.46. The van der Waals surface area contributed by atoms with Gasteiger partial charge in [-0.3, -0.25) is 9.59 Å². The Morgan fingerprint density at radius 2 is 2.17 bits per heavy atom. The van der Waals surface area contributed by atoms with Crippen molar-refractivity contribution in [1.29, 1.82) is 5.26 Å². The Bertz CT molecular complexity index is 912. The third-order valence-electron chi connectivity index (χ3n) is 6.84. The van der Waals surface area contributed by atoms with Crippen LogP contribution in [0.2, 0.25) is 0 Å². The zero-order valence-corrected chi connectivity index (χ0v) is 22.3. The van der Waals surface area contributed by atoms with Crippen LogP contribution in [0.1, 0.15) is 51.0 Å². The number of esters is 1. The van der Waals surface area contributed by atoms with E-state index in [1.807, 2.05) is 13.0 Å². The van der Waals surface area contributed by atoms with Gasteiger partial charge in [0, 0.05) is 25.2 Å². The van der Waals surface area contributed by atoms with Crippen molar-refractivity contribution in [2.24, 2.45) is 5.92 Å². The van der Waals surface area contributed by atoms with Crippen LogP contribution in [0, 0.1) is 17.2 Å². The van der Waals surface area contributed by atoms with Crippen LogP contribution < -0.4 is 5.32 Å². The first-order valence-corrected chi connectivity index (χ1v) is 14.2. The summed E-state index contributed by atoms with van der Waals surface area (Å²) in [6.07, 6.45) is 8.73. The second-order valence-electron chi connectivity index (χ2n) is 9.46. The molecule has 0 aromatic heterocycles. The minimum Gasteiger partial charge on any atom is -0.460 e. The van der Waals surface area contributed by atoms with Gasteiger partial charge in [-0.1, -0.05) is 31.2 Å². The summed E-state index contributed by atoms with van der Waals surface area (Å²) in [7, 11) is 0. The van der Waals surface area contributed by atoms with E-state index in [9.17, 15) is 14.9 Å². The van der Waals surface area contributed by atoms with E-state index in [0.717, 1.165) is 12.1 Å². The number of hydrogen-bond donors (Lipinski definition) is 1. The number of aryl methyl sites for hydroxylation is 1. The molecule has 7 nitrogen and oxygen atoms in total. The Morgan fingerprint density at radius 3 is 2.89 bits per heavy atom. The van der Waals surface area contributed by atoms with E-state index < -0.39 is 11.9 Å². The highest BCUT2D eigenvalue weighted by molar-refractivity contribution is 8.01. The number of rotatable bonds is 14. The second-order valence-corrected chi connectivity index (χ2v) is 10.8. The number of amides is 1. The molecule has 0 saturated carbocycles. The van der Waals surface area contributed by atoms with Crippen LogP contribution in [0.3, 0.4) is 0 Å². The molecule has 2 saturated heterocycles. The number of hydrogen-bond acceptors (Lipinski definition) is 7. The van der Waals surface area contributed by atoms with E-state index in [2.05, 4.69) is 41.1 Å². The maximum atomic E-state index is 13.0. The molecule has 1 aromatic carbocycles. The fraction of sp³-hybridized carbons (Fsp3) is 0.607. The van der Waals surface area contributed by atoms with Crippen LogP contribution in [0.25, 0.3) is 0 Å². The van der Waals surface area contributed by atoms with Gasteiger partial charge >= 0.3 is 5.97 Å². The largest absolute Gasteiger partial charge is 0.460 e. The van der Waals surface area contributed by atoms with E-state index in [0.29, 0.717) is 19.5 Å². The number of ether oxygens (including phenoxy) is 1. The maximum absolute atomic E-state index is 13.0. The molecule has 8 heteroatoms. The van der Waals surface area contributed by atoms with Crippen molar-refractivity contribution in [2.45, 2.75) is 62.5 Å². The van der Waals surface area contributed by atoms with Gasteiger partial charge in [-0.25, -0.2) is 0 Å². The highest BCUT2D eigenvalue weighted by Gasteiger charge is 2.41. The maximum Gasteiger partial charge on any atom is 0.323 e. The Morgan fingerprint density at radius 1 is 1.36 bits per heavy atom. The number of thioether (sulfide) groups is 1. The Balaban J connectivity index is 1.45. The molecular weight excluding hydrogens is 472 g/mol. The number of carbonyl (C=O) groups excluding carboxylic acids is 2. The predicted molar refractivity (Wildman–Crippen MR) is 146 cm³/mol. The van der Waals surface area contributed by atoms with Crippen molar-refractivity contribution >= 4 is 29.3 Å². The van der Waals surface area contributed by atoms with Gasteiger partial charge in [0.25, 0.3) is 0 Å². The molecule has 0 aliphatic carbocycles. The zero-order chi connectivity index (χ0) is 25.8. The zero-order valence-electron chi connectivity index (χ0n) is 21.5. The standard InChI is InChI=1S/C28H40N4O3S/c1-3-18-35-28(34)23(21-29)20-26-32(4-2)27(33)25(36-26)13-14-30-24-12-8-10-22(19-24)11-9-17-31-15-6-5-7-16-31/h3,8,10,12,19,23,25-26,30H,1,4-7,9,11,13-18,20H2,2H3. The number of anilines is 1. The minimum absolute atomic E-state index is 0.0805. The smallest absolute Gasteiger partial charge is 0.323 e. The van der Waals surface area contributed by atoms with E-state index in [1.54, 1.807) is 16.7 Å². The van der Waals surface area contributed by atoms with Crippen LogP contribution in [0.4, 0.5) is 5.69 Å². The number of nitrogens with one attached hydrogen (secondary N) is 1. The summed E-state index contributed by atoms with van der Waals surface area (Å²) < 4.78 is 5.05. The number of likely N-dealkylation sites (tertiary alicyclic amines) is 1. The molecule has 2 heterocycles. The average Bonchev–Trinajstić information content (AvgIpc) is 3.20. The first-order valence-electron chi connectivity index (χ1n) is 13.2. The summed E-state index contributed by atoms with van der Waals surface area (Å²) in [5.74, 6) is -1.36. The second kappa shape index (κ2) is 14.9. The lowest BCUT2D eigenvalue weighted by atomic mass is 10.1. The first-order chi connectivity index (χ1) is 17.5. The van der Waals surface area contributed by atoms with E-state index in [1.165, 1.54) is 57.0 Å². The minimum atomic E-state index is -0.890. The molecule has 3 rings (SSSR count). The van der Waals surface area contributed by atoms with Gasteiger partial charge in [0.15, 0.2) is 0 Å². The fourth-order valence-electron chi connectivity index (χ4n) is 4.90. The van der Waals surface area contributed by atoms with Gasteiger partial charge in [-0.2, -0.15) is 5.26 Å². The van der Waals surface area contributed by atoms with Crippen molar-refractivity contribution in [3.05, 3.63) is 42.5 Å². The van der Waals surface area contributed by atoms with Crippen LogP contribution in [0.15, 0.2) is 36.9 Å². The van der Waals surface area contributed by atoms with E-state index in [-0.39, 0.29) is 29.6 Å². The molecular formula is C28H40N4O3S. The highest BCUT2D eigenvalue weighted by atomic mass is 32.2. The van der Waals surface area contributed by atoms with Crippen molar-refractivity contribution in [1.82, 2.24) is 9.80 Å². The molecule has 3 atom stereocenters. The van der Waals surface area contributed by atoms with Gasteiger partial charge < -0.3 is 19.9 Å². The van der Waals surface area contributed by atoms with Gasteiger partial charge in [0.2, 0.25) is 5.91 Å². The van der Waals surface area contributed by atoms with Gasteiger partial charge in [-0.15, -0.1) is 11.8 Å². The van der Waals surface area contributed by atoms with Gasteiger partial charge in [0.1, 0.15) is 12.5 Å². The molecule has 2 aliphatic heterocycles. The molecule has 1 N–H and O–H groups in total. The molecule has 2 aliphatic rings. The molecule has 0 bridgehead atoms. The first kappa shape index (κ1) is 28.1. The van der Waals surface area contributed by atoms with Crippen molar-refractivity contribution in [2.75, 3.05) is 44.6 Å². The monoisotopic (exact) mass is 512 g/mol. The van der Waals surface area contributed by atoms with Crippen LogP contribution in [0.5, 0.6) is 0 Å². The van der Waals surface area contributed by atoms with Crippen LogP contribution in [-0.4, -0.2) is 71.6 Å². The summed E-state index contributed by atoms with van der Waals surface area (Å²) in [4.78, 5) is 29.5. The Hall–Kier alpha value is -2.50. The lowest BCUT2D eigenvalue weighted by Crippen LogP contribution is -2.36. The summed E-state index contributed by atoms with van der Waals surface area (Å²) in [6, 6.07) is 10.6. The van der Waals surface area contributed by atoms with Crippen molar-refractivity contribution < 1.29 is 14.3 Å². The lowest BCUT2D eigenvalue weighted by molar-refractivity contribution is -0.146. The third-order valence-corrected chi connectivity index (χ3v) is 8.37. The molecule has 1 amide bonds. The number of benzene rings is 1. The van der Waals surface area contributed by atoms with E-state index >= 15 is 0 Å². The highest BCUT2D eigenvalue weighted by Crippen LogP contribution is 2.37. The average molecular weight is 513 g/mol. The fourth-order valence-corrected chi connectivity index (χ4v) is 6.49. The number of carbonyl (C=O) groups is 2. The summed E-state index contributed by atoms with van der Waals surface area (Å²) in [5, 5.41) is 12.6. The Kier molecular flexibility index (Phi) is 11.6. The topological polar surface area (TPSA) is 85.7 Å². The summed E-state index contributed by atoms with van der Waals surface area (Å²) in [6.45, 7) is 10.4. The van der Waals surface area contributed by atoms with E-state index in [4.69, 9.17) is 4.74 Å². The molecule has 196 valence electrons. The molecule has 1 aromatic rings. The van der Waals surface area contributed by atoms with Crippen LogP contribution >= 0.6 is 11.8 Å². The quantitative estimate of drug-likeness (QED) is 0.291. The van der Waals surface area contributed by atoms with Crippen molar-refractivity contribution in [3.8, 4) is 6.07 Å². The number of nitrogens with zero attached hydrogens (tertiary/aromatic N) is 3. The van der Waals surface area contributed by atoms with Crippen molar-refractivity contribution in [3.63, 3.8) is 0 Å². The lowest BCUT2D eigenvalue weighted by Gasteiger charge is -2.26. The summed E-state index contributed by atoms with van der Waals surface area (Å²) >= 11 is 1.55. The van der Waals surface area contributed by atoms with Gasteiger partial charge in [-0.05, 0) is 76.4 Å². The Labute approximate surface area is 220 Å². The molecule has 3 unspecified atom stereocenters. The molecule has 2 fully saturated rings. The van der Waals surface area contributed by atoms with Gasteiger partial charge in [0.05, 0.1) is 16.7 Å². The SMILES string of the molecule is C=CCOC(=O)C(C#N)CC1SC(CCNc2cccc(CCCN3CCCCC3)c2)C(=O)N1CC. The summed E-state index contributed by atoms with van der Waals surface area (Å²) in [5.41, 5.74) is 2.42. The molecule has 0 spiro atoms. The molecule has 36 heavy (non-hydrogen) atoms.